The minimum absolute atomic E-state index is 0.115. The molecular formula is C11H14F4N2O2S. The van der Waals surface area contributed by atoms with Crippen molar-refractivity contribution in [3.8, 4) is 0 Å². The molecule has 0 saturated carbocycles. The van der Waals surface area contributed by atoms with Crippen LogP contribution >= 0.6 is 11.3 Å². The van der Waals surface area contributed by atoms with Gasteiger partial charge in [0.1, 0.15) is 0 Å². The van der Waals surface area contributed by atoms with Crippen molar-refractivity contribution in [3.63, 3.8) is 0 Å². The monoisotopic (exact) mass is 314 g/mol. The fourth-order valence-corrected chi connectivity index (χ4v) is 1.98. The summed E-state index contributed by atoms with van der Waals surface area (Å²) in [4.78, 5) is 15.0. The van der Waals surface area contributed by atoms with Gasteiger partial charge in [-0.05, 0) is 6.92 Å². The van der Waals surface area contributed by atoms with E-state index in [2.05, 4.69) is 10.3 Å². The summed E-state index contributed by atoms with van der Waals surface area (Å²) < 4.78 is 54.0. The molecule has 1 heterocycles. The molecule has 0 unspecified atom stereocenters. The SMILES string of the molecule is CCOC(=O)CCc1csc(NCC(F)(F)C(F)F)n1. The highest BCUT2D eigenvalue weighted by molar-refractivity contribution is 7.13. The maximum atomic E-state index is 12.7. The quantitative estimate of drug-likeness (QED) is 0.592. The number of alkyl halides is 4. The van der Waals surface area contributed by atoms with Crippen LogP contribution in [0.2, 0.25) is 0 Å². The molecule has 0 bridgehead atoms. The molecule has 0 atom stereocenters. The van der Waals surface area contributed by atoms with Gasteiger partial charge in [-0.25, -0.2) is 13.8 Å². The number of carbonyl (C=O) groups excluding carboxylic acids is 1. The lowest BCUT2D eigenvalue weighted by Gasteiger charge is -2.14. The highest BCUT2D eigenvalue weighted by Crippen LogP contribution is 2.24. The number of aryl methyl sites for hydroxylation is 1. The standard InChI is InChI=1S/C11H14F4N2O2S/c1-2-19-8(18)4-3-7-5-20-10(17-7)16-6-11(14,15)9(12)13/h5,9H,2-4,6H2,1H3,(H,16,17). The molecule has 20 heavy (non-hydrogen) atoms. The van der Waals surface area contributed by atoms with Crippen molar-refractivity contribution in [2.24, 2.45) is 0 Å². The topological polar surface area (TPSA) is 51.2 Å². The molecule has 0 saturated heterocycles. The molecule has 0 aliphatic carbocycles. The first-order valence-corrected chi connectivity index (χ1v) is 6.73. The third kappa shape index (κ3) is 5.32. The van der Waals surface area contributed by atoms with Crippen molar-refractivity contribution in [2.75, 3.05) is 18.5 Å². The summed E-state index contributed by atoms with van der Waals surface area (Å²) in [6.45, 7) is 0.785. The number of nitrogens with zero attached hydrogens (tertiary/aromatic N) is 1. The van der Waals surface area contributed by atoms with Gasteiger partial charge in [-0.2, -0.15) is 8.78 Å². The first-order chi connectivity index (χ1) is 9.35. The van der Waals surface area contributed by atoms with Gasteiger partial charge < -0.3 is 10.1 Å². The molecule has 0 aliphatic rings. The molecule has 0 aromatic carbocycles. The third-order valence-electron chi connectivity index (χ3n) is 2.24. The van der Waals surface area contributed by atoms with Crippen LogP contribution in [-0.2, 0) is 16.0 Å². The molecule has 1 N–H and O–H groups in total. The van der Waals surface area contributed by atoms with Gasteiger partial charge in [0.05, 0.1) is 25.3 Å². The van der Waals surface area contributed by atoms with Gasteiger partial charge in [0, 0.05) is 11.8 Å². The fourth-order valence-electron chi connectivity index (χ4n) is 1.24. The van der Waals surface area contributed by atoms with Gasteiger partial charge in [-0.3, -0.25) is 4.79 Å². The zero-order chi connectivity index (χ0) is 15.2. The number of nitrogens with one attached hydrogen (secondary N) is 1. The zero-order valence-corrected chi connectivity index (χ0v) is 11.5. The normalized spacial score (nSPS) is 11.7. The molecule has 1 aromatic rings. The average Bonchev–Trinajstić information content (AvgIpc) is 2.82. The number of anilines is 1. The van der Waals surface area contributed by atoms with Crippen LogP contribution in [0.25, 0.3) is 0 Å². The van der Waals surface area contributed by atoms with Crippen molar-refractivity contribution in [3.05, 3.63) is 11.1 Å². The van der Waals surface area contributed by atoms with Crippen LogP contribution in [0.3, 0.4) is 0 Å². The van der Waals surface area contributed by atoms with Crippen molar-refractivity contribution >= 4 is 22.4 Å². The highest BCUT2D eigenvalue weighted by Gasteiger charge is 2.40. The molecule has 0 radical (unpaired) electrons. The Kier molecular flexibility index (Phi) is 6.18. The number of hydrogen-bond acceptors (Lipinski definition) is 5. The molecule has 114 valence electrons. The summed E-state index contributed by atoms with van der Waals surface area (Å²) in [6.07, 6.45) is -3.29. The summed E-state index contributed by atoms with van der Waals surface area (Å²) in [6, 6.07) is 0. The van der Waals surface area contributed by atoms with E-state index in [4.69, 9.17) is 4.74 Å². The summed E-state index contributed by atoms with van der Waals surface area (Å²) in [5, 5.41) is 3.85. The maximum Gasteiger partial charge on any atom is 0.324 e. The van der Waals surface area contributed by atoms with Crippen molar-refractivity contribution in [1.29, 1.82) is 0 Å². The Morgan fingerprint density at radius 3 is 2.85 bits per heavy atom. The van der Waals surface area contributed by atoms with Gasteiger partial charge in [0.15, 0.2) is 5.13 Å². The molecule has 0 amide bonds. The molecule has 1 aromatic heterocycles. The van der Waals surface area contributed by atoms with Crippen molar-refractivity contribution < 1.29 is 27.1 Å². The van der Waals surface area contributed by atoms with Gasteiger partial charge in [0.2, 0.25) is 0 Å². The predicted octanol–water partition coefficient (Wildman–Crippen LogP) is 2.95. The van der Waals surface area contributed by atoms with Crippen molar-refractivity contribution in [1.82, 2.24) is 4.98 Å². The van der Waals surface area contributed by atoms with Gasteiger partial charge >= 0.3 is 18.3 Å². The van der Waals surface area contributed by atoms with E-state index >= 15 is 0 Å². The Labute approximate surface area is 117 Å². The number of rotatable bonds is 8. The van der Waals surface area contributed by atoms with E-state index in [1.54, 1.807) is 12.3 Å². The minimum Gasteiger partial charge on any atom is -0.466 e. The second kappa shape index (κ2) is 7.41. The van der Waals surface area contributed by atoms with Crippen LogP contribution in [-0.4, -0.2) is 36.5 Å². The third-order valence-corrected chi connectivity index (χ3v) is 3.09. The second-order valence-corrected chi connectivity index (χ2v) is 4.72. The lowest BCUT2D eigenvalue weighted by molar-refractivity contribution is -0.143. The average molecular weight is 314 g/mol. The number of halogens is 4. The smallest absolute Gasteiger partial charge is 0.324 e. The van der Waals surface area contributed by atoms with Crippen LogP contribution in [0.4, 0.5) is 22.7 Å². The van der Waals surface area contributed by atoms with E-state index in [0.717, 1.165) is 11.3 Å². The lowest BCUT2D eigenvalue weighted by Crippen LogP contribution is -2.34. The zero-order valence-electron chi connectivity index (χ0n) is 10.7. The van der Waals surface area contributed by atoms with Crippen LogP contribution < -0.4 is 5.32 Å². The Hall–Kier alpha value is -1.38. The number of thiazole rings is 1. The highest BCUT2D eigenvalue weighted by atomic mass is 32.1. The summed E-state index contributed by atoms with van der Waals surface area (Å²) in [5.41, 5.74) is 0.519. The summed E-state index contributed by atoms with van der Waals surface area (Å²) in [5.74, 6) is -4.48. The van der Waals surface area contributed by atoms with Crippen LogP contribution in [0.1, 0.15) is 19.0 Å². The maximum absolute atomic E-state index is 12.7. The molecular weight excluding hydrogens is 300 g/mol. The first kappa shape index (κ1) is 16.7. The Bertz CT molecular complexity index is 440. The van der Waals surface area contributed by atoms with Crippen LogP contribution in [0, 0.1) is 0 Å². The molecule has 0 aliphatic heterocycles. The van der Waals surface area contributed by atoms with Gasteiger partial charge in [0.25, 0.3) is 0 Å². The minimum atomic E-state index is -4.10. The molecule has 4 nitrogen and oxygen atoms in total. The number of ether oxygens (including phenoxy) is 1. The fraction of sp³-hybridized carbons (Fsp3) is 0.636. The Morgan fingerprint density at radius 1 is 1.55 bits per heavy atom. The van der Waals surface area contributed by atoms with Gasteiger partial charge in [-0.15, -0.1) is 11.3 Å². The van der Waals surface area contributed by atoms with E-state index in [1.165, 1.54) is 0 Å². The van der Waals surface area contributed by atoms with E-state index in [-0.39, 0.29) is 24.1 Å². The van der Waals surface area contributed by atoms with Gasteiger partial charge in [-0.1, -0.05) is 0 Å². The molecule has 0 fully saturated rings. The lowest BCUT2D eigenvalue weighted by atomic mass is 10.2. The van der Waals surface area contributed by atoms with E-state index in [0.29, 0.717) is 12.1 Å². The number of aromatic nitrogens is 1. The number of carbonyl (C=O) groups is 1. The van der Waals surface area contributed by atoms with E-state index in [9.17, 15) is 22.4 Å². The number of esters is 1. The molecule has 0 spiro atoms. The molecule has 1 rings (SSSR count). The first-order valence-electron chi connectivity index (χ1n) is 5.85. The van der Waals surface area contributed by atoms with Crippen LogP contribution in [0.5, 0.6) is 0 Å². The van der Waals surface area contributed by atoms with Crippen molar-refractivity contribution in [2.45, 2.75) is 32.1 Å². The summed E-state index contributed by atoms with van der Waals surface area (Å²) in [7, 11) is 0. The largest absolute Gasteiger partial charge is 0.466 e. The predicted molar refractivity (Wildman–Crippen MR) is 66.5 cm³/mol. The Morgan fingerprint density at radius 2 is 2.25 bits per heavy atom. The van der Waals surface area contributed by atoms with E-state index in [1.807, 2.05) is 0 Å². The van der Waals surface area contributed by atoms with E-state index < -0.39 is 18.9 Å². The van der Waals surface area contributed by atoms with Crippen LogP contribution in [0.15, 0.2) is 5.38 Å². The second-order valence-electron chi connectivity index (χ2n) is 3.86. The Balaban J connectivity index is 2.42. The molecule has 9 heteroatoms. The number of hydrogen-bond donors (Lipinski definition) is 1. The summed E-state index contributed by atoms with van der Waals surface area (Å²) >= 11 is 1.01.